The van der Waals surface area contributed by atoms with Gasteiger partial charge in [-0.15, -0.1) is 0 Å². The molecular formula is C14H23N3O2. The number of aryl methyl sites for hydroxylation is 1. The van der Waals surface area contributed by atoms with E-state index in [1.54, 1.807) is 19.2 Å². The number of unbranched alkanes of at least 4 members (excludes halogenated alkanes) is 1. The number of nitrogens with zero attached hydrogens (tertiary/aromatic N) is 1. The SMILES string of the molecule is CCNc1cc(C(=O)NCCCCOC)cc(C)n1. The van der Waals surface area contributed by atoms with Crippen LogP contribution in [0.25, 0.3) is 0 Å². The zero-order valence-electron chi connectivity index (χ0n) is 12.0. The van der Waals surface area contributed by atoms with Crippen LogP contribution >= 0.6 is 0 Å². The van der Waals surface area contributed by atoms with Crippen LogP contribution < -0.4 is 10.6 Å². The van der Waals surface area contributed by atoms with Gasteiger partial charge in [-0.1, -0.05) is 0 Å². The largest absolute Gasteiger partial charge is 0.385 e. The summed E-state index contributed by atoms with van der Waals surface area (Å²) in [6.07, 6.45) is 1.87. The first kappa shape index (κ1) is 15.4. The molecular weight excluding hydrogens is 242 g/mol. The van der Waals surface area contributed by atoms with Crippen molar-refractivity contribution in [3.8, 4) is 0 Å². The van der Waals surface area contributed by atoms with Gasteiger partial charge in [-0.05, 0) is 38.8 Å². The Kier molecular flexibility index (Phi) is 6.89. The van der Waals surface area contributed by atoms with E-state index in [2.05, 4.69) is 15.6 Å². The molecule has 0 saturated heterocycles. The molecule has 19 heavy (non-hydrogen) atoms. The van der Waals surface area contributed by atoms with Crippen LogP contribution in [0.5, 0.6) is 0 Å². The lowest BCUT2D eigenvalue weighted by molar-refractivity contribution is 0.0951. The summed E-state index contributed by atoms with van der Waals surface area (Å²) in [6, 6.07) is 3.58. The molecule has 0 atom stereocenters. The summed E-state index contributed by atoms with van der Waals surface area (Å²) in [4.78, 5) is 16.3. The van der Waals surface area contributed by atoms with Crippen molar-refractivity contribution in [3.63, 3.8) is 0 Å². The molecule has 5 nitrogen and oxygen atoms in total. The third kappa shape index (κ3) is 5.70. The van der Waals surface area contributed by atoms with Crippen molar-refractivity contribution in [1.82, 2.24) is 10.3 Å². The topological polar surface area (TPSA) is 63.2 Å². The molecule has 0 saturated carbocycles. The van der Waals surface area contributed by atoms with Crippen molar-refractivity contribution in [2.45, 2.75) is 26.7 Å². The molecule has 0 unspecified atom stereocenters. The lowest BCUT2D eigenvalue weighted by atomic mass is 10.2. The van der Waals surface area contributed by atoms with Crippen molar-refractivity contribution in [3.05, 3.63) is 23.4 Å². The van der Waals surface area contributed by atoms with E-state index in [1.165, 1.54) is 0 Å². The Bertz CT molecular complexity index is 408. The first-order valence-corrected chi connectivity index (χ1v) is 6.67. The highest BCUT2D eigenvalue weighted by atomic mass is 16.5. The Morgan fingerprint density at radius 2 is 2.16 bits per heavy atom. The van der Waals surface area contributed by atoms with Crippen LogP contribution in [0.4, 0.5) is 5.82 Å². The minimum Gasteiger partial charge on any atom is -0.385 e. The molecule has 5 heteroatoms. The average molecular weight is 265 g/mol. The summed E-state index contributed by atoms with van der Waals surface area (Å²) in [5, 5.41) is 6.02. The van der Waals surface area contributed by atoms with E-state index < -0.39 is 0 Å². The Hall–Kier alpha value is -1.62. The molecule has 0 bridgehead atoms. The van der Waals surface area contributed by atoms with Crippen LogP contribution in [0.1, 0.15) is 35.8 Å². The summed E-state index contributed by atoms with van der Waals surface area (Å²) in [7, 11) is 1.68. The predicted octanol–water partition coefficient (Wildman–Crippen LogP) is 1.98. The fourth-order valence-corrected chi connectivity index (χ4v) is 1.75. The van der Waals surface area contributed by atoms with Gasteiger partial charge in [0.2, 0.25) is 0 Å². The van der Waals surface area contributed by atoms with Crippen LogP contribution in [0, 0.1) is 6.92 Å². The van der Waals surface area contributed by atoms with Gasteiger partial charge in [0.25, 0.3) is 5.91 Å². The van der Waals surface area contributed by atoms with E-state index >= 15 is 0 Å². The minimum atomic E-state index is -0.0536. The number of aromatic nitrogens is 1. The molecule has 1 amide bonds. The second kappa shape index (κ2) is 8.48. The summed E-state index contributed by atoms with van der Waals surface area (Å²) in [5.74, 6) is 0.689. The van der Waals surface area contributed by atoms with Gasteiger partial charge in [0, 0.05) is 38.1 Å². The molecule has 0 aromatic carbocycles. The highest BCUT2D eigenvalue weighted by molar-refractivity contribution is 5.94. The Morgan fingerprint density at radius 3 is 2.84 bits per heavy atom. The number of methoxy groups -OCH3 is 1. The van der Waals surface area contributed by atoms with Gasteiger partial charge in [0.15, 0.2) is 0 Å². The third-order valence-corrected chi connectivity index (χ3v) is 2.63. The van der Waals surface area contributed by atoms with Crippen LogP contribution in [0.2, 0.25) is 0 Å². The van der Waals surface area contributed by atoms with Gasteiger partial charge >= 0.3 is 0 Å². The number of rotatable bonds is 8. The van der Waals surface area contributed by atoms with E-state index in [1.807, 2.05) is 13.8 Å². The number of hydrogen-bond acceptors (Lipinski definition) is 4. The standard InChI is InChI=1S/C14H23N3O2/c1-4-15-13-10-12(9-11(2)17-13)14(18)16-7-5-6-8-19-3/h9-10H,4-8H2,1-3H3,(H,15,17)(H,16,18). The molecule has 0 aliphatic rings. The molecule has 0 aliphatic heterocycles. The van der Waals surface area contributed by atoms with Gasteiger partial charge in [-0.2, -0.15) is 0 Å². The Labute approximate surface area is 114 Å². The molecule has 0 spiro atoms. The lowest BCUT2D eigenvalue weighted by Crippen LogP contribution is -2.25. The van der Waals surface area contributed by atoms with Crippen molar-refractivity contribution in [1.29, 1.82) is 0 Å². The second-order valence-electron chi connectivity index (χ2n) is 4.37. The van der Waals surface area contributed by atoms with Crippen molar-refractivity contribution < 1.29 is 9.53 Å². The number of anilines is 1. The van der Waals surface area contributed by atoms with Crippen LogP contribution in [0.15, 0.2) is 12.1 Å². The zero-order valence-corrected chi connectivity index (χ0v) is 12.0. The van der Waals surface area contributed by atoms with Gasteiger partial charge in [0.05, 0.1) is 0 Å². The lowest BCUT2D eigenvalue weighted by Gasteiger charge is -2.08. The number of pyridine rings is 1. The Balaban J connectivity index is 2.51. The van der Waals surface area contributed by atoms with Crippen LogP contribution in [-0.4, -0.2) is 37.7 Å². The molecule has 1 aromatic rings. The first-order chi connectivity index (χ1) is 9.17. The predicted molar refractivity (Wildman–Crippen MR) is 76.6 cm³/mol. The van der Waals surface area contributed by atoms with E-state index in [0.717, 1.165) is 37.5 Å². The maximum absolute atomic E-state index is 12.0. The maximum atomic E-state index is 12.0. The normalized spacial score (nSPS) is 10.3. The molecule has 2 N–H and O–H groups in total. The van der Waals surface area contributed by atoms with Gasteiger partial charge in [-0.25, -0.2) is 4.98 Å². The fourth-order valence-electron chi connectivity index (χ4n) is 1.75. The van der Waals surface area contributed by atoms with Gasteiger partial charge in [-0.3, -0.25) is 4.79 Å². The van der Waals surface area contributed by atoms with E-state index in [0.29, 0.717) is 12.1 Å². The highest BCUT2D eigenvalue weighted by Gasteiger charge is 2.07. The zero-order chi connectivity index (χ0) is 14.1. The van der Waals surface area contributed by atoms with Crippen LogP contribution in [-0.2, 0) is 4.74 Å². The summed E-state index contributed by atoms with van der Waals surface area (Å²) < 4.78 is 4.96. The minimum absolute atomic E-state index is 0.0536. The maximum Gasteiger partial charge on any atom is 0.251 e. The molecule has 0 fully saturated rings. The van der Waals surface area contributed by atoms with Gasteiger partial charge < -0.3 is 15.4 Å². The fraction of sp³-hybridized carbons (Fsp3) is 0.571. The number of carbonyl (C=O) groups excluding carboxylic acids is 1. The Morgan fingerprint density at radius 1 is 1.37 bits per heavy atom. The number of ether oxygens (including phenoxy) is 1. The molecule has 106 valence electrons. The summed E-state index contributed by atoms with van der Waals surface area (Å²) in [5.41, 5.74) is 1.48. The molecule has 1 aromatic heterocycles. The van der Waals surface area contributed by atoms with E-state index in [-0.39, 0.29) is 5.91 Å². The molecule has 0 radical (unpaired) electrons. The number of amides is 1. The number of carbonyl (C=O) groups is 1. The third-order valence-electron chi connectivity index (χ3n) is 2.63. The van der Waals surface area contributed by atoms with Crippen molar-refractivity contribution >= 4 is 11.7 Å². The monoisotopic (exact) mass is 265 g/mol. The van der Waals surface area contributed by atoms with E-state index in [9.17, 15) is 4.79 Å². The molecule has 1 heterocycles. The molecule has 0 aliphatic carbocycles. The van der Waals surface area contributed by atoms with Gasteiger partial charge in [0.1, 0.15) is 5.82 Å². The average Bonchev–Trinajstić information content (AvgIpc) is 2.38. The van der Waals surface area contributed by atoms with Crippen molar-refractivity contribution in [2.24, 2.45) is 0 Å². The summed E-state index contributed by atoms with van der Waals surface area (Å²) >= 11 is 0. The number of hydrogen-bond donors (Lipinski definition) is 2. The first-order valence-electron chi connectivity index (χ1n) is 6.67. The second-order valence-corrected chi connectivity index (χ2v) is 4.37. The highest BCUT2D eigenvalue weighted by Crippen LogP contribution is 2.10. The van der Waals surface area contributed by atoms with E-state index in [4.69, 9.17) is 4.74 Å². The number of nitrogens with one attached hydrogen (secondary N) is 2. The smallest absolute Gasteiger partial charge is 0.251 e. The summed E-state index contributed by atoms with van der Waals surface area (Å²) in [6.45, 7) is 6.07. The quantitative estimate of drug-likeness (QED) is 0.705. The van der Waals surface area contributed by atoms with Crippen LogP contribution in [0.3, 0.4) is 0 Å². The van der Waals surface area contributed by atoms with Crippen molar-refractivity contribution in [2.75, 3.05) is 32.1 Å². The molecule has 1 rings (SSSR count).